The zero-order chi connectivity index (χ0) is 17.0. The van der Waals surface area contributed by atoms with Crippen LogP contribution in [0.15, 0.2) is 0 Å². The Kier molecular flexibility index (Phi) is 138. The number of aliphatic carboxylic acids is 4. The normalized spacial score (nSPS) is 5.13. The zero-order valence-electron chi connectivity index (χ0n) is 18.3. The second-order valence-corrected chi connectivity index (χ2v) is 2.31. The van der Waals surface area contributed by atoms with E-state index in [1.54, 1.807) is 0 Å². The third-order valence-corrected chi connectivity index (χ3v) is 0. The Morgan fingerprint density at radius 2 is 0.652 bits per heavy atom. The van der Waals surface area contributed by atoms with E-state index in [0.717, 1.165) is 27.7 Å². The predicted molar refractivity (Wildman–Crippen MR) is 75.6 cm³/mol. The van der Waals surface area contributed by atoms with E-state index in [0.29, 0.717) is 0 Å². The van der Waals surface area contributed by atoms with Crippen molar-refractivity contribution in [3.8, 4) is 0 Å². The van der Waals surface area contributed by atoms with Crippen molar-refractivity contribution in [1.82, 2.24) is 0 Å². The first-order valence-electron chi connectivity index (χ1n) is 4.53. The molecule has 1 radical (unpaired) electrons. The van der Waals surface area contributed by atoms with Gasteiger partial charge < -0.3 is 36.2 Å². The van der Waals surface area contributed by atoms with Crippen LogP contribution in [0, 0.1) is 0 Å². The van der Waals surface area contributed by atoms with Gasteiger partial charge in [-0.1, -0.05) is 0 Å². The Labute approximate surface area is 228 Å². The predicted octanol–water partition coefficient (Wildman–Crippen LogP) is -9.81. The van der Waals surface area contributed by atoms with Gasteiger partial charge in [0.2, 0.25) is 0 Å². The minimum atomic E-state index is -0.833. The maximum atomic E-state index is 9.00. The van der Waals surface area contributed by atoms with E-state index in [4.69, 9.17) is 39.6 Å². The standard InChI is InChI=1S/4C2H4O2.CH6N2.4Na.3H/c4*1-2(3)4;2-1-3;;;;;;;/h4*1H3,(H,3,4);1-3H2;;;;;;;/q;;;;;;3*+1;3*-1. The number of nitrogens with two attached hydrogens (primary N) is 2. The largest absolute Gasteiger partial charge is 1.00 e. The third-order valence-electron chi connectivity index (χ3n) is 0. The first kappa shape index (κ1) is 56.3. The van der Waals surface area contributed by atoms with Gasteiger partial charge in [0, 0.05) is 63.9 Å². The summed E-state index contributed by atoms with van der Waals surface area (Å²) in [7, 11) is 0. The summed E-state index contributed by atoms with van der Waals surface area (Å²) in [6, 6.07) is 0. The second-order valence-electron chi connectivity index (χ2n) is 2.31. The molecule has 0 aliphatic rings. The summed E-state index contributed by atoms with van der Waals surface area (Å²) in [5.74, 6) is -3.33. The number of carboxylic acid groups (broad SMARTS) is 4. The number of hydrogen-bond acceptors (Lipinski definition) is 6. The van der Waals surface area contributed by atoms with Gasteiger partial charge in [0.05, 0.1) is 0 Å². The monoisotopic (exact) mass is 381 g/mol. The second kappa shape index (κ2) is 56.5. The molecule has 0 aliphatic carbocycles. The molecule has 123 valence electrons. The smallest absolute Gasteiger partial charge is 1.00 e. The van der Waals surface area contributed by atoms with Gasteiger partial charge in [-0.15, -0.1) is 0 Å². The van der Waals surface area contributed by atoms with Crippen LogP contribution in [0.5, 0.6) is 0 Å². The summed E-state index contributed by atoms with van der Waals surface area (Å²) in [6.45, 7) is 4.58. The fourth-order valence-corrected chi connectivity index (χ4v) is 0. The van der Waals surface area contributed by atoms with E-state index in [1.807, 2.05) is 0 Å². The van der Waals surface area contributed by atoms with Crippen molar-refractivity contribution in [3.05, 3.63) is 0 Å². The molecule has 0 saturated heterocycles. The molecule has 0 heterocycles. The number of rotatable bonds is 0. The van der Waals surface area contributed by atoms with E-state index >= 15 is 0 Å². The molecule has 8 N–H and O–H groups in total. The van der Waals surface area contributed by atoms with Crippen LogP contribution >= 0.6 is 0 Å². The van der Waals surface area contributed by atoms with Crippen molar-refractivity contribution >= 4 is 53.4 Å². The van der Waals surface area contributed by atoms with Crippen LogP contribution in [0.2, 0.25) is 0 Å². The number of carbonyl (C=O) groups is 4. The Morgan fingerprint density at radius 3 is 0.652 bits per heavy atom. The van der Waals surface area contributed by atoms with Crippen molar-refractivity contribution in [2.45, 2.75) is 27.7 Å². The molecular weight excluding hydrogens is 356 g/mol. The first-order valence-corrected chi connectivity index (χ1v) is 4.53. The summed E-state index contributed by atoms with van der Waals surface area (Å²) in [5, 5.41) is 29.7. The van der Waals surface area contributed by atoms with Gasteiger partial charge in [0.15, 0.2) is 0 Å². The molecule has 23 heavy (non-hydrogen) atoms. The van der Waals surface area contributed by atoms with Crippen LogP contribution < -0.4 is 100 Å². The molecule has 0 aromatic carbocycles. The van der Waals surface area contributed by atoms with Crippen LogP contribution in [-0.2, 0) is 19.2 Å². The SMILES string of the molecule is CC(=O)O.CC(=O)O.CC(=O)O.CC(=O)O.NCN.[H-].[H-].[H-].[Na+].[Na+].[Na+].[Na]. The van der Waals surface area contributed by atoms with Gasteiger partial charge in [0.25, 0.3) is 23.9 Å². The molecule has 0 fully saturated rings. The van der Waals surface area contributed by atoms with Crippen molar-refractivity contribution < 1.29 is 133 Å². The zero-order valence-corrected chi connectivity index (χ0v) is 23.3. The van der Waals surface area contributed by atoms with Gasteiger partial charge >= 0.3 is 88.7 Å². The van der Waals surface area contributed by atoms with Crippen molar-refractivity contribution in [2.24, 2.45) is 11.5 Å². The quantitative estimate of drug-likeness (QED) is 0.173. The summed E-state index contributed by atoms with van der Waals surface area (Å²) < 4.78 is 0. The van der Waals surface area contributed by atoms with Gasteiger partial charge in [-0.05, 0) is 0 Å². The molecule has 0 saturated carbocycles. The fraction of sp³-hybridized carbons (Fsp3) is 0.556. The molecule has 0 rings (SSSR count). The van der Waals surface area contributed by atoms with Gasteiger partial charge in [0.1, 0.15) is 0 Å². The minimum Gasteiger partial charge on any atom is -1.00 e. The molecule has 0 atom stereocenters. The van der Waals surface area contributed by atoms with E-state index in [9.17, 15) is 0 Å². The molecule has 0 bridgehead atoms. The average molecular weight is 381 g/mol. The molecular formula is C9H25N2Na4O8. The van der Waals surface area contributed by atoms with Crippen LogP contribution in [0.25, 0.3) is 0 Å². The Morgan fingerprint density at radius 1 is 0.652 bits per heavy atom. The maximum Gasteiger partial charge on any atom is 1.00 e. The molecule has 0 aromatic rings. The van der Waals surface area contributed by atoms with Gasteiger partial charge in [-0.3, -0.25) is 19.2 Å². The summed E-state index contributed by atoms with van der Waals surface area (Å²) in [5.41, 5.74) is 9.25. The molecule has 0 aliphatic heterocycles. The molecule has 0 spiro atoms. The summed E-state index contributed by atoms with van der Waals surface area (Å²) >= 11 is 0. The topological polar surface area (TPSA) is 201 Å². The Hall–Kier alpha value is 1.80. The van der Waals surface area contributed by atoms with Crippen LogP contribution in [0.3, 0.4) is 0 Å². The van der Waals surface area contributed by atoms with Gasteiger partial charge in [-0.25, -0.2) is 0 Å². The minimum absolute atomic E-state index is 0. The van der Waals surface area contributed by atoms with E-state index < -0.39 is 23.9 Å². The number of hydrogen-bond donors (Lipinski definition) is 6. The van der Waals surface area contributed by atoms with Crippen LogP contribution in [0.1, 0.15) is 32.0 Å². The van der Waals surface area contributed by atoms with E-state index in [2.05, 4.69) is 11.5 Å². The van der Waals surface area contributed by atoms with Gasteiger partial charge in [-0.2, -0.15) is 0 Å². The van der Waals surface area contributed by atoms with Crippen molar-refractivity contribution in [3.63, 3.8) is 0 Å². The number of carboxylic acids is 4. The van der Waals surface area contributed by atoms with E-state index in [-0.39, 0.29) is 129 Å². The molecule has 0 aromatic heterocycles. The Balaban J connectivity index is -0.00000000885. The molecule has 0 unspecified atom stereocenters. The molecule has 14 heteroatoms. The fourth-order valence-electron chi connectivity index (χ4n) is 0. The van der Waals surface area contributed by atoms with Crippen LogP contribution in [0.4, 0.5) is 0 Å². The van der Waals surface area contributed by atoms with Crippen molar-refractivity contribution in [1.29, 1.82) is 0 Å². The van der Waals surface area contributed by atoms with Crippen molar-refractivity contribution in [2.75, 3.05) is 6.67 Å². The molecule has 0 amide bonds. The van der Waals surface area contributed by atoms with Crippen LogP contribution in [-0.4, -0.2) is 80.5 Å². The Bertz CT molecular complexity index is 207. The summed E-state index contributed by atoms with van der Waals surface area (Å²) in [4.78, 5) is 36.0. The maximum absolute atomic E-state index is 9.00. The molecule has 10 nitrogen and oxygen atoms in total. The average Bonchev–Trinajstić information content (AvgIpc) is 1.97. The first-order chi connectivity index (χ1) is 8.34. The van der Waals surface area contributed by atoms with E-state index in [1.165, 1.54) is 0 Å². The third kappa shape index (κ3) is 3490. The summed E-state index contributed by atoms with van der Waals surface area (Å²) in [6.07, 6.45) is 0.